The number of anilines is 2. The number of amides is 1. The molecule has 0 spiro atoms. The van der Waals surface area contributed by atoms with Crippen molar-refractivity contribution in [1.29, 1.82) is 0 Å². The van der Waals surface area contributed by atoms with Gasteiger partial charge in [-0.1, -0.05) is 19.9 Å². The monoisotopic (exact) mass is 287 g/mol. The van der Waals surface area contributed by atoms with Gasteiger partial charge in [0, 0.05) is 30.6 Å². The lowest BCUT2D eigenvalue weighted by atomic mass is 10.2. The first-order chi connectivity index (χ1) is 10.1. The van der Waals surface area contributed by atoms with Crippen LogP contribution in [0.4, 0.5) is 11.4 Å². The fourth-order valence-corrected chi connectivity index (χ4v) is 2.06. The van der Waals surface area contributed by atoms with Crippen LogP contribution < -0.4 is 11.1 Å². The second kappa shape index (κ2) is 6.88. The molecule has 0 fully saturated rings. The standard InChI is InChI=1S/C15H21N5O/c1-3-13-18-14(4-2)20(19-13)9-8-15(21)17-12-7-5-6-11(16)10-12/h5-7,10H,3-4,8-9,16H2,1-2H3,(H,17,21). The topological polar surface area (TPSA) is 85.8 Å². The predicted molar refractivity (Wildman–Crippen MR) is 82.9 cm³/mol. The third kappa shape index (κ3) is 4.05. The van der Waals surface area contributed by atoms with E-state index in [0.29, 0.717) is 24.3 Å². The van der Waals surface area contributed by atoms with Crippen LogP contribution in [0.1, 0.15) is 31.9 Å². The van der Waals surface area contributed by atoms with Crippen molar-refractivity contribution < 1.29 is 4.79 Å². The molecule has 3 N–H and O–H groups in total. The minimum absolute atomic E-state index is 0.0591. The Balaban J connectivity index is 1.93. The van der Waals surface area contributed by atoms with E-state index in [2.05, 4.69) is 15.4 Å². The fraction of sp³-hybridized carbons (Fsp3) is 0.400. The fourth-order valence-electron chi connectivity index (χ4n) is 2.06. The highest BCUT2D eigenvalue weighted by molar-refractivity contribution is 5.91. The molecule has 2 rings (SSSR count). The highest BCUT2D eigenvalue weighted by Gasteiger charge is 2.09. The zero-order valence-electron chi connectivity index (χ0n) is 12.5. The number of aryl methyl sites for hydroxylation is 3. The molecule has 0 atom stereocenters. The lowest BCUT2D eigenvalue weighted by Crippen LogP contribution is -2.16. The quantitative estimate of drug-likeness (QED) is 0.796. The van der Waals surface area contributed by atoms with Crippen molar-refractivity contribution in [3.05, 3.63) is 35.9 Å². The van der Waals surface area contributed by atoms with Crippen molar-refractivity contribution in [3.63, 3.8) is 0 Å². The normalized spacial score (nSPS) is 10.6. The zero-order chi connectivity index (χ0) is 15.2. The number of nitrogens with two attached hydrogens (primary N) is 1. The van der Waals surface area contributed by atoms with Gasteiger partial charge in [0.2, 0.25) is 5.91 Å². The van der Waals surface area contributed by atoms with E-state index >= 15 is 0 Å². The first kappa shape index (κ1) is 15.0. The Morgan fingerprint density at radius 3 is 2.81 bits per heavy atom. The van der Waals surface area contributed by atoms with E-state index in [1.807, 2.05) is 30.7 Å². The molecular formula is C15H21N5O. The van der Waals surface area contributed by atoms with Crippen molar-refractivity contribution in [3.8, 4) is 0 Å². The molecule has 112 valence electrons. The Kier molecular flexibility index (Phi) is 4.92. The zero-order valence-corrected chi connectivity index (χ0v) is 12.5. The summed E-state index contributed by atoms with van der Waals surface area (Å²) in [6.45, 7) is 4.59. The van der Waals surface area contributed by atoms with Gasteiger partial charge in [0.1, 0.15) is 5.82 Å². The van der Waals surface area contributed by atoms with Crippen LogP contribution in [0.15, 0.2) is 24.3 Å². The van der Waals surface area contributed by atoms with Crippen LogP contribution in [0.2, 0.25) is 0 Å². The van der Waals surface area contributed by atoms with Gasteiger partial charge >= 0.3 is 0 Å². The molecular weight excluding hydrogens is 266 g/mol. The SMILES string of the molecule is CCc1nc(CC)n(CCC(=O)Nc2cccc(N)c2)n1. The molecule has 0 saturated heterocycles. The van der Waals surface area contributed by atoms with E-state index in [4.69, 9.17) is 5.73 Å². The number of rotatable bonds is 6. The van der Waals surface area contributed by atoms with E-state index in [0.717, 1.165) is 24.5 Å². The number of nitrogens with one attached hydrogen (secondary N) is 1. The summed E-state index contributed by atoms with van der Waals surface area (Å²) in [6.07, 6.45) is 1.97. The first-order valence-corrected chi connectivity index (χ1v) is 7.20. The Bertz CT molecular complexity index is 620. The highest BCUT2D eigenvalue weighted by atomic mass is 16.1. The van der Waals surface area contributed by atoms with Crippen LogP contribution >= 0.6 is 0 Å². The third-order valence-corrected chi connectivity index (χ3v) is 3.15. The molecule has 0 aliphatic heterocycles. The van der Waals surface area contributed by atoms with Crippen LogP contribution in [0, 0.1) is 0 Å². The average molecular weight is 287 g/mol. The van der Waals surface area contributed by atoms with E-state index in [1.165, 1.54) is 0 Å². The Morgan fingerprint density at radius 1 is 1.33 bits per heavy atom. The third-order valence-electron chi connectivity index (χ3n) is 3.15. The van der Waals surface area contributed by atoms with Crippen LogP contribution in [-0.2, 0) is 24.2 Å². The number of carbonyl (C=O) groups is 1. The van der Waals surface area contributed by atoms with Gasteiger partial charge in [-0.3, -0.25) is 4.79 Å². The molecule has 21 heavy (non-hydrogen) atoms. The summed E-state index contributed by atoms with van der Waals surface area (Å²) in [5, 5.41) is 7.23. The van der Waals surface area contributed by atoms with Crippen LogP contribution in [0.25, 0.3) is 0 Å². The van der Waals surface area contributed by atoms with E-state index in [1.54, 1.807) is 12.1 Å². The molecule has 6 nitrogen and oxygen atoms in total. The summed E-state index contributed by atoms with van der Waals surface area (Å²) >= 11 is 0. The molecule has 0 aliphatic carbocycles. The molecule has 1 aromatic carbocycles. The van der Waals surface area contributed by atoms with Gasteiger partial charge in [0.25, 0.3) is 0 Å². The summed E-state index contributed by atoms with van der Waals surface area (Å²) < 4.78 is 1.82. The predicted octanol–water partition coefficient (Wildman–Crippen LogP) is 2.01. The summed E-state index contributed by atoms with van der Waals surface area (Å²) in [6, 6.07) is 7.15. The second-order valence-corrected chi connectivity index (χ2v) is 4.80. The molecule has 0 saturated carbocycles. The Morgan fingerprint density at radius 2 is 2.14 bits per heavy atom. The maximum atomic E-state index is 12.0. The number of nitrogen functional groups attached to an aromatic ring is 1. The lowest BCUT2D eigenvalue weighted by molar-refractivity contribution is -0.116. The van der Waals surface area contributed by atoms with E-state index in [-0.39, 0.29) is 5.91 Å². The number of hydrogen-bond donors (Lipinski definition) is 2. The maximum absolute atomic E-state index is 12.0. The molecule has 0 bridgehead atoms. The van der Waals surface area contributed by atoms with Gasteiger partial charge in [-0.25, -0.2) is 9.67 Å². The van der Waals surface area contributed by atoms with Crippen molar-refractivity contribution in [2.75, 3.05) is 11.1 Å². The Labute approximate surface area is 124 Å². The number of hydrogen-bond acceptors (Lipinski definition) is 4. The maximum Gasteiger partial charge on any atom is 0.226 e. The molecule has 1 aromatic heterocycles. The molecule has 1 amide bonds. The average Bonchev–Trinajstić information content (AvgIpc) is 2.87. The number of benzene rings is 1. The number of carbonyl (C=O) groups excluding carboxylic acids is 1. The minimum atomic E-state index is -0.0591. The largest absolute Gasteiger partial charge is 0.399 e. The van der Waals surface area contributed by atoms with Crippen LogP contribution in [0.5, 0.6) is 0 Å². The van der Waals surface area contributed by atoms with Crippen molar-refractivity contribution in [2.24, 2.45) is 0 Å². The summed E-state index contributed by atoms with van der Waals surface area (Å²) in [5.41, 5.74) is 7.02. The van der Waals surface area contributed by atoms with Crippen LogP contribution in [0.3, 0.4) is 0 Å². The van der Waals surface area contributed by atoms with Gasteiger partial charge < -0.3 is 11.1 Å². The minimum Gasteiger partial charge on any atom is -0.399 e. The van der Waals surface area contributed by atoms with Crippen molar-refractivity contribution in [2.45, 2.75) is 39.7 Å². The van der Waals surface area contributed by atoms with E-state index in [9.17, 15) is 4.79 Å². The summed E-state index contributed by atoms with van der Waals surface area (Å²) in [4.78, 5) is 16.4. The van der Waals surface area contributed by atoms with Gasteiger partial charge in [0.05, 0.1) is 6.54 Å². The molecule has 6 heteroatoms. The highest BCUT2D eigenvalue weighted by Crippen LogP contribution is 2.12. The molecule has 2 aromatic rings. The number of aromatic nitrogens is 3. The van der Waals surface area contributed by atoms with Gasteiger partial charge in [-0.2, -0.15) is 5.10 Å². The van der Waals surface area contributed by atoms with E-state index < -0.39 is 0 Å². The second-order valence-electron chi connectivity index (χ2n) is 4.80. The van der Waals surface area contributed by atoms with Gasteiger partial charge in [0.15, 0.2) is 5.82 Å². The van der Waals surface area contributed by atoms with Gasteiger partial charge in [-0.15, -0.1) is 0 Å². The molecule has 0 unspecified atom stereocenters. The van der Waals surface area contributed by atoms with Crippen molar-refractivity contribution >= 4 is 17.3 Å². The Hall–Kier alpha value is -2.37. The summed E-state index contributed by atoms with van der Waals surface area (Å²) in [5.74, 6) is 1.68. The van der Waals surface area contributed by atoms with Crippen molar-refractivity contribution in [1.82, 2.24) is 14.8 Å². The molecule has 0 radical (unpaired) electrons. The summed E-state index contributed by atoms with van der Waals surface area (Å²) in [7, 11) is 0. The van der Waals surface area contributed by atoms with Gasteiger partial charge in [-0.05, 0) is 18.2 Å². The smallest absolute Gasteiger partial charge is 0.226 e. The first-order valence-electron chi connectivity index (χ1n) is 7.20. The molecule has 1 heterocycles. The number of nitrogens with zero attached hydrogens (tertiary/aromatic N) is 3. The lowest BCUT2D eigenvalue weighted by Gasteiger charge is -2.07. The van der Waals surface area contributed by atoms with Crippen LogP contribution in [-0.4, -0.2) is 20.7 Å². The molecule has 0 aliphatic rings.